The van der Waals surface area contributed by atoms with Gasteiger partial charge in [-0.1, -0.05) is 23.5 Å². The Morgan fingerprint density at radius 2 is 1.81 bits per heavy atom. The summed E-state index contributed by atoms with van der Waals surface area (Å²) in [6.07, 6.45) is -5.94. The van der Waals surface area contributed by atoms with E-state index in [0.717, 1.165) is 23.6 Å². The average Bonchev–Trinajstić information content (AvgIpc) is 3.74. The monoisotopic (exact) mass is 701 g/mol. The maximum Gasteiger partial charge on any atom is 0.573 e. The SMILES string of the molecule is CC(=O)N(c1cnn(C)c1)c1nnc(C2CCN(c3ccc(NC(=O)Cc4cccc(OC(F)(F)F)c4)nn3)C2)s1.O=C(O)C(F)(F)F. The normalized spacial score (nSPS) is 14.6. The molecule has 1 saturated heterocycles. The fourth-order valence-corrected chi connectivity index (χ4v) is 5.42. The molecule has 1 fully saturated rings. The Labute approximate surface area is 271 Å². The van der Waals surface area contributed by atoms with Gasteiger partial charge in [-0.3, -0.25) is 19.2 Å². The third-order valence-corrected chi connectivity index (χ3v) is 7.48. The van der Waals surface area contributed by atoms with Gasteiger partial charge in [-0.2, -0.15) is 18.3 Å². The van der Waals surface area contributed by atoms with Crippen LogP contribution in [0.15, 0.2) is 48.8 Å². The zero-order valence-corrected chi connectivity index (χ0v) is 25.7. The summed E-state index contributed by atoms with van der Waals surface area (Å²) in [4.78, 5) is 37.1. The number of hydrogen-bond acceptors (Lipinski definition) is 11. The molecule has 2 N–H and O–H groups in total. The van der Waals surface area contributed by atoms with Gasteiger partial charge in [0.05, 0.1) is 18.3 Å². The van der Waals surface area contributed by atoms with Gasteiger partial charge < -0.3 is 20.1 Å². The van der Waals surface area contributed by atoms with E-state index in [2.05, 4.69) is 35.5 Å². The zero-order valence-electron chi connectivity index (χ0n) is 24.9. The van der Waals surface area contributed by atoms with Crippen molar-refractivity contribution in [2.75, 3.05) is 28.2 Å². The van der Waals surface area contributed by atoms with Gasteiger partial charge in [-0.15, -0.1) is 33.6 Å². The number of benzene rings is 1. The van der Waals surface area contributed by atoms with Crippen LogP contribution in [0.4, 0.5) is 48.8 Å². The number of anilines is 4. The summed E-state index contributed by atoms with van der Waals surface area (Å²) in [6.45, 7) is 2.79. The van der Waals surface area contributed by atoms with Gasteiger partial charge in [0.1, 0.15) is 10.8 Å². The van der Waals surface area contributed by atoms with Crippen molar-refractivity contribution < 1.29 is 50.6 Å². The molecule has 0 saturated carbocycles. The van der Waals surface area contributed by atoms with Crippen LogP contribution < -0.4 is 19.9 Å². The topological polar surface area (TPSA) is 169 Å². The third kappa shape index (κ3) is 9.83. The molecule has 4 aromatic rings. The number of carbonyl (C=O) groups excluding carboxylic acids is 2. The van der Waals surface area contributed by atoms with Crippen molar-refractivity contribution >= 4 is 51.6 Å². The van der Waals surface area contributed by atoms with Crippen LogP contribution in [-0.4, -0.2) is 78.7 Å². The zero-order chi connectivity index (χ0) is 35.2. The van der Waals surface area contributed by atoms with Crippen LogP contribution in [0.2, 0.25) is 0 Å². The molecule has 256 valence electrons. The van der Waals surface area contributed by atoms with E-state index in [-0.39, 0.29) is 24.1 Å². The van der Waals surface area contributed by atoms with Crippen LogP contribution in [0.5, 0.6) is 5.75 Å². The Morgan fingerprint density at radius 3 is 2.40 bits per heavy atom. The van der Waals surface area contributed by atoms with Crippen molar-refractivity contribution in [1.29, 1.82) is 0 Å². The van der Waals surface area contributed by atoms with E-state index in [1.165, 1.54) is 35.3 Å². The number of aromatic nitrogens is 6. The van der Waals surface area contributed by atoms with Crippen molar-refractivity contribution in [1.82, 2.24) is 30.2 Å². The summed E-state index contributed by atoms with van der Waals surface area (Å²) in [5.41, 5.74) is 0.964. The standard InChI is InChI=1S/C25H24F3N9O3S.C2HF3O2/c1-15(38)37(18-12-29-35(2)14-18)24-34-33-23(41-24)17-8-9-36(13-17)21-7-6-20(31-32-21)30-22(39)11-16-4-3-5-19(10-16)40-25(26,27)28;3-2(4,5)1(6)7/h3-7,10,12,14,17H,8-9,11,13H2,1-2H3,(H,30,31,39);(H,6,7). The van der Waals surface area contributed by atoms with Crippen LogP contribution >= 0.6 is 11.3 Å². The predicted octanol–water partition coefficient (Wildman–Crippen LogP) is 4.45. The lowest BCUT2D eigenvalue weighted by molar-refractivity contribution is -0.274. The maximum atomic E-state index is 12.5. The Hall–Kier alpha value is -5.34. The minimum absolute atomic E-state index is 0.0854. The molecule has 0 radical (unpaired) electrons. The van der Waals surface area contributed by atoms with E-state index in [1.54, 1.807) is 36.3 Å². The summed E-state index contributed by atoms with van der Waals surface area (Å²) in [7, 11) is 1.77. The molecule has 3 aromatic heterocycles. The number of rotatable bonds is 8. The molecular formula is C27H25F6N9O5S. The van der Waals surface area contributed by atoms with Crippen LogP contribution in [0.3, 0.4) is 0 Å². The lowest BCUT2D eigenvalue weighted by Gasteiger charge is -2.16. The number of carbonyl (C=O) groups is 3. The fourth-order valence-electron chi connectivity index (χ4n) is 4.39. The third-order valence-electron chi connectivity index (χ3n) is 6.40. The summed E-state index contributed by atoms with van der Waals surface area (Å²) in [5.74, 6) is -2.89. The molecule has 5 rings (SSSR count). The van der Waals surface area contributed by atoms with E-state index < -0.39 is 30.2 Å². The first kappa shape index (κ1) is 35.5. The predicted molar refractivity (Wildman–Crippen MR) is 157 cm³/mol. The van der Waals surface area contributed by atoms with Crippen molar-refractivity contribution in [3.05, 3.63) is 59.4 Å². The molecule has 21 heteroatoms. The van der Waals surface area contributed by atoms with E-state index in [9.17, 15) is 35.9 Å². The number of ether oxygens (including phenoxy) is 1. The molecular weight excluding hydrogens is 676 g/mol. The van der Waals surface area contributed by atoms with E-state index in [1.807, 2.05) is 4.90 Å². The molecule has 0 bridgehead atoms. The van der Waals surface area contributed by atoms with Gasteiger partial charge in [0, 0.05) is 39.2 Å². The number of aliphatic carboxylic acids is 1. The van der Waals surface area contributed by atoms with Crippen LogP contribution in [0.25, 0.3) is 0 Å². The number of amides is 2. The van der Waals surface area contributed by atoms with Crippen LogP contribution in [0, 0.1) is 0 Å². The molecule has 4 heterocycles. The highest BCUT2D eigenvalue weighted by molar-refractivity contribution is 7.15. The average molecular weight is 702 g/mol. The Kier molecular flexibility index (Phi) is 10.8. The molecule has 1 aliphatic heterocycles. The molecule has 14 nitrogen and oxygen atoms in total. The highest BCUT2D eigenvalue weighted by atomic mass is 32.1. The Bertz CT molecular complexity index is 1750. The molecule has 1 aromatic carbocycles. The summed E-state index contributed by atoms with van der Waals surface area (Å²) in [5, 5.41) is 32.0. The number of carboxylic acid groups (broad SMARTS) is 1. The summed E-state index contributed by atoms with van der Waals surface area (Å²) < 4.78 is 74.6. The quantitative estimate of drug-likeness (QED) is 0.249. The van der Waals surface area contributed by atoms with Crippen molar-refractivity contribution in [2.45, 2.75) is 38.2 Å². The van der Waals surface area contributed by atoms with E-state index in [0.29, 0.717) is 35.3 Å². The molecule has 0 aliphatic carbocycles. The van der Waals surface area contributed by atoms with Gasteiger partial charge in [-0.25, -0.2) is 4.79 Å². The van der Waals surface area contributed by atoms with Gasteiger partial charge in [0.15, 0.2) is 11.6 Å². The highest BCUT2D eigenvalue weighted by Gasteiger charge is 2.38. The number of hydrogen-bond donors (Lipinski definition) is 2. The molecule has 48 heavy (non-hydrogen) atoms. The number of carboxylic acids is 1. The number of nitrogens with zero attached hydrogens (tertiary/aromatic N) is 8. The number of halogens is 6. The first-order chi connectivity index (χ1) is 22.5. The molecule has 2 amide bonds. The number of aryl methyl sites for hydroxylation is 1. The molecule has 1 aliphatic rings. The van der Waals surface area contributed by atoms with Crippen molar-refractivity contribution in [3.63, 3.8) is 0 Å². The molecule has 0 spiro atoms. The second-order valence-corrected chi connectivity index (χ2v) is 11.1. The lowest BCUT2D eigenvalue weighted by atomic mass is 10.1. The lowest BCUT2D eigenvalue weighted by Crippen LogP contribution is -2.22. The van der Waals surface area contributed by atoms with Gasteiger partial charge >= 0.3 is 18.5 Å². The van der Waals surface area contributed by atoms with Gasteiger partial charge in [-0.05, 0) is 36.2 Å². The molecule has 1 unspecified atom stereocenters. The summed E-state index contributed by atoms with van der Waals surface area (Å²) >= 11 is 1.35. The second-order valence-electron chi connectivity index (χ2n) is 10.1. The first-order valence-electron chi connectivity index (χ1n) is 13.6. The van der Waals surface area contributed by atoms with Gasteiger partial charge in [0.2, 0.25) is 16.9 Å². The van der Waals surface area contributed by atoms with Crippen molar-refractivity contribution in [3.8, 4) is 5.75 Å². The Morgan fingerprint density at radius 1 is 1.08 bits per heavy atom. The largest absolute Gasteiger partial charge is 0.573 e. The van der Waals surface area contributed by atoms with Gasteiger partial charge in [0.25, 0.3) is 0 Å². The van der Waals surface area contributed by atoms with Crippen LogP contribution in [0.1, 0.15) is 29.8 Å². The molecule has 1 atom stereocenters. The first-order valence-corrected chi connectivity index (χ1v) is 14.5. The minimum atomic E-state index is -5.08. The number of nitrogens with one attached hydrogen (secondary N) is 1. The highest BCUT2D eigenvalue weighted by Crippen LogP contribution is 2.36. The summed E-state index contributed by atoms with van der Waals surface area (Å²) in [6, 6.07) is 8.56. The minimum Gasteiger partial charge on any atom is -0.475 e. The Balaban J connectivity index is 0.000000671. The van der Waals surface area contributed by atoms with Crippen LogP contribution in [-0.2, 0) is 27.9 Å². The van der Waals surface area contributed by atoms with Crippen molar-refractivity contribution in [2.24, 2.45) is 7.05 Å². The van der Waals surface area contributed by atoms with E-state index >= 15 is 0 Å². The second kappa shape index (κ2) is 14.6. The smallest absolute Gasteiger partial charge is 0.475 e. The number of alkyl halides is 6. The fraction of sp³-hybridized carbons (Fsp3) is 0.333. The van der Waals surface area contributed by atoms with E-state index in [4.69, 9.17) is 9.90 Å². The maximum absolute atomic E-state index is 12.5.